The Morgan fingerprint density at radius 1 is 1.07 bits per heavy atom. The van der Waals surface area contributed by atoms with Crippen molar-refractivity contribution in [2.24, 2.45) is 27.7 Å². The van der Waals surface area contributed by atoms with Crippen LogP contribution in [0.4, 0.5) is 0 Å². The molecule has 4 rings (SSSR count). The lowest BCUT2D eigenvalue weighted by Gasteiger charge is -2.46. The molecule has 1 aliphatic heterocycles. The molecular weight excluding hydrogens is 621 g/mol. The normalized spacial score (nSPS) is 24.4. The van der Waals surface area contributed by atoms with E-state index in [4.69, 9.17) is 33.3 Å². The van der Waals surface area contributed by atoms with Crippen molar-refractivity contribution in [3.63, 3.8) is 0 Å². The third-order valence-corrected chi connectivity index (χ3v) is 9.97. The first kappa shape index (κ1) is 36.2. The Kier molecular flexibility index (Phi) is 11.2. The summed E-state index contributed by atoms with van der Waals surface area (Å²) in [7, 11) is 1.61. The number of nitrogens with zero attached hydrogens (tertiary/aromatic N) is 3. The van der Waals surface area contributed by atoms with Gasteiger partial charge in [-0.25, -0.2) is 0 Å². The molecular formula is C37H51Cl2N3O4. The van der Waals surface area contributed by atoms with E-state index in [0.717, 1.165) is 50.5 Å². The maximum Gasteiger partial charge on any atom is 0.305 e. The molecule has 1 N–H and O–H groups in total. The molecule has 0 bridgehead atoms. The van der Waals surface area contributed by atoms with Crippen molar-refractivity contribution in [1.82, 2.24) is 9.80 Å². The molecule has 7 nitrogen and oxygen atoms in total. The van der Waals surface area contributed by atoms with Crippen molar-refractivity contribution >= 4 is 46.7 Å². The maximum atomic E-state index is 14.7. The van der Waals surface area contributed by atoms with Crippen LogP contribution >= 0.6 is 23.2 Å². The van der Waals surface area contributed by atoms with Crippen LogP contribution in [-0.2, 0) is 9.59 Å². The van der Waals surface area contributed by atoms with Crippen LogP contribution in [0.1, 0.15) is 121 Å². The van der Waals surface area contributed by atoms with Crippen LogP contribution in [0.5, 0.6) is 0 Å². The number of aliphatic imine (C=N–C) groups is 1. The van der Waals surface area contributed by atoms with Gasteiger partial charge in [-0.1, -0.05) is 83.0 Å². The summed E-state index contributed by atoms with van der Waals surface area (Å²) in [5, 5.41) is 10.2. The van der Waals surface area contributed by atoms with E-state index >= 15 is 0 Å². The molecule has 252 valence electrons. The number of aliphatic carboxylic acids is 1. The number of carbonyl (C=O) groups excluding carboxylic acids is 2. The van der Waals surface area contributed by atoms with Crippen LogP contribution < -0.4 is 0 Å². The SMILES string of the molecule is CN(CCC(=O)O)C(=O)c1ccc([C@@H](CCC(C)(C)C)N2C(=O)C(C3C=C(Cl)C=C(Cl)C3)=NC23CCC(CC(C)(C)C)CC3)cc1. The number of halogens is 2. The van der Waals surface area contributed by atoms with Gasteiger partial charge in [-0.2, -0.15) is 0 Å². The number of allylic oxidation sites excluding steroid dienone is 4. The largest absolute Gasteiger partial charge is 0.481 e. The van der Waals surface area contributed by atoms with Gasteiger partial charge in [0.25, 0.3) is 11.8 Å². The van der Waals surface area contributed by atoms with E-state index < -0.39 is 11.6 Å². The molecule has 1 fully saturated rings. The van der Waals surface area contributed by atoms with E-state index in [1.807, 2.05) is 18.2 Å². The quantitative estimate of drug-likeness (QED) is 0.269. The summed E-state index contributed by atoms with van der Waals surface area (Å²) in [6, 6.07) is 7.25. The van der Waals surface area contributed by atoms with Gasteiger partial charge in [-0.3, -0.25) is 19.4 Å². The lowest BCUT2D eigenvalue weighted by atomic mass is 9.73. The third kappa shape index (κ3) is 9.03. The molecule has 1 unspecified atom stereocenters. The molecule has 2 amide bonds. The predicted molar refractivity (Wildman–Crippen MR) is 186 cm³/mol. The van der Waals surface area contributed by atoms with Crippen molar-refractivity contribution in [2.75, 3.05) is 13.6 Å². The fraction of sp³-hybridized carbons (Fsp3) is 0.622. The van der Waals surface area contributed by atoms with Crippen LogP contribution in [0.25, 0.3) is 0 Å². The maximum absolute atomic E-state index is 14.7. The van der Waals surface area contributed by atoms with E-state index in [1.54, 1.807) is 25.3 Å². The zero-order chi connectivity index (χ0) is 34.0. The summed E-state index contributed by atoms with van der Waals surface area (Å²) in [5.74, 6) is -0.935. The van der Waals surface area contributed by atoms with E-state index in [2.05, 4.69) is 46.4 Å². The minimum atomic E-state index is -0.945. The first-order chi connectivity index (χ1) is 21.4. The first-order valence-electron chi connectivity index (χ1n) is 16.6. The summed E-state index contributed by atoms with van der Waals surface area (Å²) in [4.78, 5) is 47.6. The number of carboxylic acid groups (broad SMARTS) is 1. The van der Waals surface area contributed by atoms with Crippen LogP contribution in [0, 0.1) is 22.7 Å². The fourth-order valence-electron chi connectivity index (χ4n) is 7.22. The number of benzene rings is 1. The Morgan fingerprint density at radius 3 is 2.24 bits per heavy atom. The second-order valence-electron chi connectivity index (χ2n) is 15.9. The van der Waals surface area contributed by atoms with Gasteiger partial charge in [0.15, 0.2) is 0 Å². The molecule has 0 aromatic heterocycles. The number of hydrogen-bond acceptors (Lipinski definition) is 4. The van der Waals surface area contributed by atoms with Crippen molar-refractivity contribution in [1.29, 1.82) is 0 Å². The van der Waals surface area contributed by atoms with Gasteiger partial charge in [-0.15, -0.1) is 0 Å². The summed E-state index contributed by atoms with van der Waals surface area (Å²) in [5.41, 5.74) is 1.61. The van der Waals surface area contributed by atoms with Gasteiger partial charge < -0.3 is 14.9 Å². The monoisotopic (exact) mass is 671 g/mol. The van der Waals surface area contributed by atoms with E-state index in [9.17, 15) is 14.4 Å². The Labute approximate surface area is 285 Å². The highest BCUT2D eigenvalue weighted by Gasteiger charge is 2.53. The molecule has 2 aliphatic carbocycles. The molecule has 3 aliphatic rings. The van der Waals surface area contributed by atoms with Crippen LogP contribution in [0.2, 0.25) is 0 Å². The molecule has 1 saturated carbocycles. The molecule has 9 heteroatoms. The standard InChI is InChI=1S/C37H51Cl2N3O4/c1-35(2,3)16-14-30(25-8-10-26(11-9-25)33(45)41(7)19-15-31(43)44)42-34(46)32(27-20-28(38)22-29(39)21-27)40-37(42)17-12-24(13-18-37)23-36(4,5)6/h8-11,20,22,24,27,30H,12-19,21,23H2,1-7H3,(H,43,44)/t24?,27?,30-,37?/m1/s1. The second-order valence-corrected chi connectivity index (χ2v) is 16.8. The molecule has 0 saturated heterocycles. The van der Waals surface area contributed by atoms with Crippen molar-refractivity contribution in [3.05, 3.63) is 57.6 Å². The summed E-state index contributed by atoms with van der Waals surface area (Å²) in [6.07, 6.45) is 10.4. The van der Waals surface area contributed by atoms with Gasteiger partial charge in [-0.05, 0) is 91.9 Å². The first-order valence-corrected chi connectivity index (χ1v) is 17.4. The number of carbonyl (C=O) groups is 3. The summed E-state index contributed by atoms with van der Waals surface area (Å²) in [6.45, 7) is 13.6. The molecule has 1 aromatic rings. The number of hydrogen-bond donors (Lipinski definition) is 1. The molecule has 1 aromatic carbocycles. The van der Waals surface area contributed by atoms with E-state index in [1.165, 1.54) is 4.90 Å². The van der Waals surface area contributed by atoms with Gasteiger partial charge in [0, 0.05) is 35.1 Å². The number of carboxylic acids is 1. The third-order valence-electron chi connectivity index (χ3n) is 9.47. The van der Waals surface area contributed by atoms with Gasteiger partial charge in [0.2, 0.25) is 0 Å². The number of amides is 2. The van der Waals surface area contributed by atoms with Crippen LogP contribution in [0.3, 0.4) is 0 Å². The van der Waals surface area contributed by atoms with E-state index in [0.29, 0.717) is 33.7 Å². The predicted octanol–water partition coefficient (Wildman–Crippen LogP) is 8.97. The number of rotatable bonds is 10. The minimum absolute atomic E-state index is 0.0446. The summed E-state index contributed by atoms with van der Waals surface area (Å²) >= 11 is 12.9. The second kappa shape index (κ2) is 14.2. The topological polar surface area (TPSA) is 90.3 Å². The van der Waals surface area contributed by atoms with Gasteiger partial charge in [0.05, 0.1) is 12.5 Å². The minimum Gasteiger partial charge on any atom is -0.481 e. The Hall–Kier alpha value is -2.64. The Bertz CT molecular complexity index is 1390. The molecule has 0 radical (unpaired) electrons. The van der Waals surface area contributed by atoms with Crippen LogP contribution in [-0.4, -0.2) is 57.7 Å². The fourth-order valence-corrected chi connectivity index (χ4v) is 7.84. The Balaban J connectivity index is 1.71. The summed E-state index contributed by atoms with van der Waals surface area (Å²) < 4.78 is 0. The van der Waals surface area contributed by atoms with Crippen molar-refractivity contribution < 1.29 is 19.5 Å². The Morgan fingerprint density at radius 2 is 1.70 bits per heavy atom. The zero-order valence-electron chi connectivity index (χ0n) is 28.5. The zero-order valence-corrected chi connectivity index (χ0v) is 30.0. The molecule has 46 heavy (non-hydrogen) atoms. The lowest BCUT2D eigenvalue weighted by molar-refractivity contribution is -0.137. The highest BCUT2D eigenvalue weighted by Crippen LogP contribution is 2.49. The van der Waals surface area contributed by atoms with E-state index in [-0.39, 0.29) is 47.6 Å². The average molecular weight is 673 g/mol. The average Bonchev–Trinajstić information content (AvgIpc) is 3.22. The van der Waals surface area contributed by atoms with Crippen molar-refractivity contribution in [2.45, 2.75) is 111 Å². The highest BCUT2D eigenvalue weighted by molar-refractivity contribution is 6.43. The smallest absolute Gasteiger partial charge is 0.305 e. The molecule has 2 atom stereocenters. The van der Waals surface area contributed by atoms with Crippen molar-refractivity contribution in [3.8, 4) is 0 Å². The van der Waals surface area contributed by atoms with Gasteiger partial charge >= 0.3 is 5.97 Å². The highest BCUT2D eigenvalue weighted by atomic mass is 35.5. The lowest BCUT2D eigenvalue weighted by Crippen LogP contribution is -2.51. The van der Waals surface area contributed by atoms with Gasteiger partial charge in [0.1, 0.15) is 11.4 Å². The van der Waals surface area contributed by atoms with Crippen LogP contribution in [0.15, 0.2) is 51.5 Å². The molecule has 1 heterocycles. The molecule has 1 spiro atoms.